The molecule has 0 unspecified atom stereocenters. The van der Waals surface area contributed by atoms with Gasteiger partial charge in [0.05, 0.1) is 12.2 Å². The van der Waals surface area contributed by atoms with Gasteiger partial charge in [-0.3, -0.25) is 4.57 Å². The molecule has 0 amide bonds. The van der Waals surface area contributed by atoms with E-state index in [0.717, 1.165) is 36.3 Å². The summed E-state index contributed by atoms with van der Waals surface area (Å²) >= 11 is 0. The summed E-state index contributed by atoms with van der Waals surface area (Å²) < 4.78 is 26.8. The molecule has 0 radical (unpaired) electrons. The van der Waals surface area contributed by atoms with E-state index in [9.17, 15) is 4.57 Å². The Morgan fingerprint density at radius 1 is 0.897 bits per heavy atom. The molecule has 0 saturated heterocycles. The monoisotopic (exact) mass is 426 g/mol. The molecule has 1 fully saturated rings. The molecule has 2 aromatic rings. The molecule has 0 bridgehead atoms. The Morgan fingerprint density at radius 2 is 1.41 bits per heavy atom. The van der Waals surface area contributed by atoms with Crippen LogP contribution in [0, 0.1) is 11.5 Å². The number of rotatable bonds is 6. The highest BCUT2D eigenvalue weighted by Crippen LogP contribution is 2.48. The lowest BCUT2D eigenvalue weighted by atomic mass is 9.95. The number of benzene rings is 2. The molecule has 2 aromatic carbocycles. The quantitative estimate of drug-likeness (QED) is 0.364. The van der Waals surface area contributed by atoms with Crippen LogP contribution < -0.4 is 10.6 Å². The Balaban J connectivity index is 1.82. The summed E-state index contributed by atoms with van der Waals surface area (Å²) in [7, 11) is -4.61. The molecule has 0 spiro atoms. The van der Waals surface area contributed by atoms with Crippen molar-refractivity contribution in [1.29, 1.82) is 0 Å². The van der Waals surface area contributed by atoms with Gasteiger partial charge in [0.25, 0.3) is 7.37 Å². The van der Waals surface area contributed by atoms with Crippen LogP contribution >= 0.6 is 7.37 Å². The molecule has 1 aliphatic carbocycles. The zero-order valence-corrected chi connectivity index (χ0v) is 19.5. The fraction of sp³-hybridized carbons (Fsp3) is 0.417. The van der Waals surface area contributed by atoms with E-state index in [4.69, 9.17) is 9.26 Å². The average molecular weight is 427 g/mol. The molecule has 0 N–H and O–H groups in total. The van der Waals surface area contributed by atoms with Gasteiger partial charge >= 0.3 is 0 Å². The third-order valence-electron chi connectivity index (χ3n) is 4.95. The fourth-order valence-electron chi connectivity index (χ4n) is 3.53. The summed E-state index contributed by atoms with van der Waals surface area (Å²) in [5.41, 5.74) is 3.34. The van der Waals surface area contributed by atoms with Crippen LogP contribution in [0.25, 0.3) is 0 Å². The maximum atomic E-state index is 14.2. The third-order valence-corrected chi connectivity index (χ3v) is 8.40. The van der Waals surface area contributed by atoms with Crippen molar-refractivity contribution in [1.82, 2.24) is 0 Å². The van der Waals surface area contributed by atoms with E-state index >= 15 is 0 Å². The van der Waals surface area contributed by atoms with Crippen LogP contribution in [-0.4, -0.2) is 26.9 Å². The first-order valence-corrected chi connectivity index (χ1v) is 15.5. The maximum absolute atomic E-state index is 14.2. The zero-order chi connectivity index (χ0) is 20.7. The van der Waals surface area contributed by atoms with Crippen LogP contribution in [0.3, 0.4) is 0 Å². The van der Waals surface area contributed by atoms with E-state index in [1.807, 2.05) is 60.7 Å². The Labute approximate surface area is 176 Å². The first kappa shape index (κ1) is 22.1. The molecule has 3 nitrogen and oxygen atoms in total. The van der Waals surface area contributed by atoms with Gasteiger partial charge in [-0.2, -0.15) is 0 Å². The lowest BCUT2D eigenvalue weighted by Gasteiger charge is -2.34. The van der Waals surface area contributed by atoms with E-state index < -0.39 is 15.4 Å². The topological polar surface area (TPSA) is 35.5 Å². The largest absolute Gasteiger partial charge is 0.363 e. The van der Waals surface area contributed by atoms with Crippen LogP contribution in [-0.2, 0) is 13.8 Å². The molecule has 0 aliphatic heterocycles. The molecular formula is C24H31O3PSi. The van der Waals surface area contributed by atoms with Crippen molar-refractivity contribution >= 4 is 26.1 Å². The number of ether oxygens (including phenoxy) is 1. The summed E-state index contributed by atoms with van der Waals surface area (Å²) in [6, 6.07) is 19.1. The highest BCUT2D eigenvalue weighted by Gasteiger charge is 2.36. The standard InChI is InChI=1S/C24H31O3PSi/c1-29(2,3)20-12-19-26-23-17-10-11-18-24(23)27-28(25,21-13-6-4-7-14-21)22-15-8-5-9-16-22/h4-9,13-16,23-24H,10-11,17-19H2,1-3H3/t23-,24-/m0/s1. The second-order valence-corrected chi connectivity index (χ2v) is 15.6. The van der Waals surface area contributed by atoms with Crippen LogP contribution in [0.4, 0.5) is 0 Å². The van der Waals surface area contributed by atoms with E-state index in [0.29, 0.717) is 6.61 Å². The van der Waals surface area contributed by atoms with E-state index in [1.54, 1.807) is 0 Å². The summed E-state index contributed by atoms with van der Waals surface area (Å²) in [6.07, 6.45) is 3.68. The van der Waals surface area contributed by atoms with Crippen molar-refractivity contribution in [3.63, 3.8) is 0 Å². The second kappa shape index (κ2) is 9.91. The molecule has 0 aromatic heterocycles. The molecule has 29 heavy (non-hydrogen) atoms. The van der Waals surface area contributed by atoms with Crippen LogP contribution in [0.2, 0.25) is 19.6 Å². The lowest BCUT2D eigenvalue weighted by Crippen LogP contribution is -2.36. The van der Waals surface area contributed by atoms with Crippen molar-refractivity contribution in [3.8, 4) is 11.5 Å². The Morgan fingerprint density at radius 3 is 1.93 bits per heavy atom. The van der Waals surface area contributed by atoms with Crippen LogP contribution in [0.1, 0.15) is 25.7 Å². The number of hydrogen-bond acceptors (Lipinski definition) is 3. The third kappa shape index (κ3) is 6.17. The Bertz CT molecular complexity index is 838. The highest BCUT2D eigenvalue weighted by molar-refractivity contribution is 7.74. The lowest BCUT2D eigenvalue weighted by molar-refractivity contribution is -0.0327. The zero-order valence-electron chi connectivity index (χ0n) is 17.6. The summed E-state index contributed by atoms with van der Waals surface area (Å²) in [5.74, 6) is 3.18. The van der Waals surface area contributed by atoms with Gasteiger partial charge in [-0.25, -0.2) is 0 Å². The first-order chi connectivity index (χ1) is 13.9. The predicted molar refractivity (Wildman–Crippen MR) is 124 cm³/mol. The summed E-state index contributed by atoms with van der Waals surface area (Å²) in [4.78, 5) is 0. The Kier molecular flexibility index (Phi) is 7.54. The maximum Gasteiger partial charge on any atom is 0.261 e. The Hall–Kier alpha value is -1.63. The SMILES string of the molecule is C[Si](C)(C)C#CCO[C@H]1CCCC[C@@H]1OP(=O)(c1ccccc1)c1ccccc1. The minimum Gasteiger partial charge on any atom is -0.363 e. The smallest absolute Gasteiger partial charge is 0.261 e. The van der Waals surface area contributed by atoms with E-state index in [1.165, 1.54) is 0 Å². The molecule has 5 heteroatoms. The van der Waals surface area contributed by atoms with Crippen molar-refractivity contribution in [2.75, 3.05) is 6.61 Å². The minimum absolute atomic E-state index is 0.0690. The summed E-state index contributed by atoms with van der Waals surface area (Å²) in [5, 5.41) is 1.46. The number of hydrogen-bond donors (Lipinski definition) is 0. The highest BCUT2D eigenvalue weighted by atomic mass is 31.2. The average Bonchev–Trinajstić information content (AvgIpc) is 2.73. The molecule has 1 aliphatic rings. The molecule has 3 rings (SSSR count). The van der Waals surface area contributed by atoms with Gasteiger partial charge in [0.15, 0.2) is 0 Å². The second-order valence-electron chi connectivity index (χ2n) is 8.55. The van der Waals surface area contributed by atoms with E-state index in [-0.39, 0.29) is 12.2 Å². The predicted octanol–water partition coefficient (Wildman–Crippen LogP) is 5.14. The molecule has 154 valence electrons. The van der Waals surface area contributed by atoms with Crippen molar-refractivity contribution in [3.05, 3.63) is 60.7 Å². The van der Waals surface area contributed by atoms with Gasteiger partial charge < -0.3 is 9.26 Å². The van der Waals surface area contributed by atoms with Gasteiger partial charge in [-0.1, -0.05) is 74.8 Å². The van der Waals surface area contributed by atoms with E-state index in [2.05, 4.69) is 31.1 Å². The molecule has 0 heterocycles. The van der Waals surface area contributed by atoms with Gasteiger partial charge in [0.2, 0.25) is 0 Å². The van der Waals surface area contributed by atoms with Crippen LogP contribution in [0.15, 0.2) is 60.7 Å². The minimum atomic E-state index is -3.20. The molecule has 2 atom stereocenters. The van der Waals surface area contributed by atoms with Gasteiger partial charge in [-0.15, -0.1) is 5.54 Å². The van der Waals surface area contributed by atoms with Crippen molar-refractivity contribution < 1.29 is 13.8 Å². The molecular weight excluding hydrogens is 395 g/mol. The van der Waals surface area contributed by atoms with Crippen molar-refractivity contribution in [2.24, 2.45) is 0 Å². The molecule has 1 saturated carbocycles. The van der Waals surface area contributed by atoms with Gasteiger partial charge in [0, 0.05) is 10.6 Å². The summed E-state index contributed by atoms with van der Waals surface area (Å²) in [6.45, 7) is 7.09. The van der Waals surface area contributed by atoms with Gasteiger partial charge in [-0.05, 0) is 37.1 Å². The van der Waals surface area contributed by atoms with Crippen molar-refractivity contribution in [2.45, 2.75) is 57.5 Å². The fourth-order valence-corrected chi connectivity index (χ4v) is 6.43. The first-order valence-electron chi connectivity index (χ1n) is 10.4. The van der Waals surface area contributed by atoms with Gasteiger partial charge in [0.1, 0.15) is 14.7 Å². The van der Waals surface area contributed by atoms with Crippen LogP contribution in [0.5, 0.6) is 0 Å². The normalized spacial score (nSPS) is 20.0.